The Balaban J connectivity index is 0.864. The predicted molar refractivity (Wildman–Crippen MR) is 249 cm³/mol. The van der Waals surface area contributed by atoms with Crippen LogP contribution in [0.25, 0.3) is 21.8 Å². The maximum absolute atomic E-state index is 16.3. The lowest BCUT2D eigenvalue weighted by Gasteiger charge is -2.37. The summed E-state index contributed by atoms with van der Waals surface area (Å²) in [7, 11) is 3.07. The molecule has 2 aromatic heterocycles. The van der Waals surface area contributed by atoms with E-state index in [2.05, 4.69) is 4.57 Å². The summed E-state index contributed by atoms with van der Waals surface area (Å²) in [4.78, 5) is 57.4. The summed E-state index contributed by atoms with van der Waals surface area (Å²) in [6.07, 6.45) is 3.60. The number of hydrogen-bond acceptors (Lipinski definition) is 11. The number of aromatic nitrogens is 2. The summed E-state index contributed by atoms with van der Waals surface area (Å²) in [5.74, 6) is -0.196. The number of likely N-dealkylation sites (tertiary alicyclic amines) is 1. The number of carbonyl (C=O) groups excluding carboxylic acids is 3. The van der Waals surface area contributed by atoms with E-state index in [1.807, 2.05) is 31.7 Å². The van der Waals surface area contributed by atoms with Crippen LogP contribution in [0.3, 0.4) is 0 Å². The third-order valence-corrected chi connectivity index (χ3v) is 12.9. The van der Waals surface area contributed by atoms with Gasteiger partial charge < -0.3 is 42.8 Å². The second kappa shape index (κ2) is 19.7. The van der Waals surface area contributed by atoms with Gasteiger partial charge >= 0.3 is 12.1 Å². The van der Waals surface area contributed by atoms with Crippen LogP contribution in [-0.4, -0.2) is 111 Å². The highest BCUT2D eigenvalue weighted by molar-refractivity contribution is 6.30. The van der Waals surface area contributed by atoms with Gasteiger partial charge in [0.2, 0.25) is 0 Å². The number of amides is 1. The summed E-state index contributed by atoms with van der Waals surface area (Å²) in [5, 5.41) is 1.49. The minimum Gasteiger partial charge on any atom is -0.497 e. The number of anilines is 1. The first-order valence-electron chi connectivity index (χ1n) is 22.7. The van der Waals surface area contributed by atoms with E-state index in [-0.39, 0.29) is 73.7 Å². The number of nitrogens with zero attached hydrogens (tertiary/aromatic N) is 4. The number of carbonyl (C=O) groups is 3. The number of benzene rings is 3. The van der Waals surface area contributed by atoms with Crippen LogP contribution in [0.4, 0.5) is 14.9 Å². The molecule has 0 N–H and O–H groups in total. The lowest BCUT2D eigenvalue weighted by atomic mass is 9.92. The first kappa shape index (κ1) is 46.9. The summed E-state index contributed by atoms with van der Waals surface area (Å²) < 4.78 is 54.4. The molecular formula is C50H58ClFN4O10. The number of esters is 1. The molecule has 4 heterocycles. The van der Waals surface area contributed by atoms with E-state index in [1.54, 1.807) is 66.0 Å². The number of piperidine rings is 1. The van der Waals surface area contributed by atoms with Crippen LogP contribution in [0.2, 0.25) is 5.02 Å². The van der Waals surface area contributed by atoms with Gasteiger partial charge in [0.25, 0.3) is 5.91 Å². The summed E-state index contributed by atoms with van der Waals surface area (Å²) in [5.41, 5.74) is 3.10. The third-order valence-electron chi connectivity index (χ3n) is 12.7. The highest BCUT2D eigenvalue weighted by Gasteiger charge is 2.44. The number of ether oxygens (including phenoxy) is 6. The van der Waals surface area contributed by atoms with E-state index in [0.717, 1.165) is 31.4 Å². The van der Waals surface area contributed by atoms with Crippen molar-refractivity contribution in [3.8, 4) is 11.5 Å². The van der Waals surface area contributed by atoms with E-state index in [4.69, 9.17) is 40.0 Å². The maximum atomic E-state index is 16.3. The van der Waals surface area contributed by atoms with Crippen LogP contribution in [0.1, 0.15) is 79.8 Å². The fourth-order valence-electron chi connectivity index (χ4n) is 9.52. The van der Waals surface area contributed by atoms with Gasteiger partial charge in [0.1, 0.15) is 23.6 Å². The fraction of sp³-hybridized carbons (Fsp3) is 0.480. The molecule has 0 radical (unpaired) electrons. The Labute approximate surface area is 388 Å². The SMILES string of the molecule is COc1ccc2c(c1)c(CC(=O)OCCOCCOCCc1cc(=O)c3cc(F)c(N4CC5CCCN(C(=O)OC(C)(C)C)C5C4)c(OC)c3n1C1CC1)c(C)n2C(=O)c1ccc(Cl)cc1. The second-order valence-corrected chi connectivity index (χ2v) is 18.7. The second-order valence-electron chi connectivity index (χ2n) is 18.3. The Morgan fingerprint density at radius 1 is 0.864 bits per heavy atom. The lowest BCUT2D eigenvalue weighted by Crippen LogP contribution is -2.50. The highest BCUT2D eigenvalue weighted by Crippen LogP contribution is 2.46. The molecule has 3 aromatic carbocycles. The molecule has 5 aromatic rings. The van der Waals surface area contributed by atoms with Crippen molar-refractivity contribution in [2.45, 2.75) is 83.9 Å². The van der Waals surface area contributed by atoms with Crippen LogP contribution < -0.4 is 19.8 Å². The smallest absolute Gasteiger partial charge is 0.410 e. The van der Waals surface area contributed by atoms with Gasteiger partial charge in [0.15, 0.2) is 17.0 Å². The van der Waals surface area contributed by atoms with Gasteiger partial charge in [-0.15, -0.1) is 0 Å². The Bertz CT molecular complexity index is 2690. The van der Waals surface area contributed by atoms with Crippen molar-refractivity contribution < 1.29 is 47.2 Å². The quantitative estimate of drug-likeness (QED) is 0.0698. The van der Waals surface area contributed by atoms with Crippen molar-refractivity contribution in [1.29, 1.82) is 0 Å². The Morgan fingerprint density at radius 3 is 2.29 bits per heavy atom. The molecule has 3 fully saturated rings. The van der Waals surface area contributed by atoms with Crippen molar-refractivity contribution in [1.82, 2.24) is 14.0 Å². The number of fused-ring (bicyclic) bond motifs is 3. The van der Waals surface area contributed by atoms with Crippen LogP contribution >= 0.6 is 11.6 Å². The highest BCUT2D eigenvalue weighted by atomic mass is 35.5. The molecule has 16 heteroatoms. The van der Waals surface area contributed by atoms with Crippen molar-refractivity contribution in [2.24, 2.45) is 5.92 Å². The molecular weight excluding hydrogens is 871 g/mol. The van der Waals surface area contributed by atoms with Crippen molar-refractivity contribution >= 4 is 57.1 Å². The molecule has 352 valence electrons. The molecule has 2 saturated heterocycles. The number of pyridine rings is 1. The van der Waals surface area contributed by atoms with Crippen molar-refractivity contribution in [2.75, 3.05) is 71.8 Å². The molecule has 66 heavy (non-hydrogen) atoms. The Morgan fingerprint density at radius 2 is 1.59 bits per heavy atom. The van der Waals surface area contributed by atoms with E-state index in [0.29, 0.717) is 88.1 Å². The minimum atomic E-state index is -0.632. The van der Waals surface area contributed by atoms with Crippen LogP contribution in [0, 0.1) is 18.7 Å². The minimum absolute atomic E-state index is 0.0272. The normalized spacial score (nSPS) is 17.3. The van der Waals surface area contributed by atoms with E-state index < -0.39 is 17.4 Å². The van der Waals surface area contributed by atoms with Gasteiger partial charge in [-0.05, 0) is 113 Å². The molecule has 1 aliphatic carbocycles. The van der Waals surface area contributed by atoms with Crippen LogP contribution in [0.5, 0.6) is 11.5 Å². The van der Waals surface area contributed by atoms with Crippen LogP contribution in [0.15, 0.2) is 59.4 Å². The van der Waals surface area contributed by atoms with E-state index >= 15 is 4.39 Å². The fourth-order valence-corrected chi connectivity index (χ4v) is 9.65. The summed E-state index contributed by atoms with van der Waals surface area (Å²) in [6.45, 7) is 9.91. The Kier molecular flexibility index (Phi) is 14.0. The zero-order valence-corrected chi connectivity index (χ0v) is 39.2. The monoisotopic (exact) mass is 928 g/mol. The van der Waals surface area contributed by atoms with E-state index in [9.17, 15) is 19.2 Å². The molecule has 1 saturated carbocycles. The Hall–Kier alpha value is -5.64. The van der Waals surface area contributed by atoms with Gasteiger partial charge in [-0.3, -0.25) is 19.0 Å². The first-order valence-corrected chi connectivity index (χ1v) is 23.0. The number of halogens is 2. The van der Waals surface area contributed by atoms with Gasteiger partial charge in [-0.25, -0.2) is 9.18 Å². The van der Waals surface area contributed by atoms with Crippen molar-refractivity contribution in [3.05, 3.63) is 98.2 Å². The molecule has 2 aliphatic heterocycles. The maximum Gasteiger partial charge on any atom is 0.410 e. The number of methoxy groups -OCH3 is 2. The van der Waals surface area contributed by atoms with Gasteiger partial charge in [0, 0.05) is 65.5 Å². The predicted octanol–water partition coefficient (Wildman–Crippen LogP) is 8.30. The van der Waals surface area contributed by atoms with Gasteiger partial charge in [-0.1, -0.05) is 11.6 Å². The molecule has 14 nitrogen and oxygen atoms in total. The zero-order valence-electron chi connectivity index (χ0n) is 38.5. The molecule has 2 atom stereocenters. The largest absolute Gasteiger partial charge is 0.497 e. The summed E-state index contributed by atoms with van der Waals surface area (Å²) in [6, 6.07) is 14.9. The molecule has 1 amide bonds. The molecule has 3 aliphatic rings. The average molecular weight is 929 g/mol. The molecule has 0 spiro atoms. The van der Waals surface area contributed by atoms with Gasteiger partial charge in [-0.2, -0.15) is 0 Å². The van der Waals surface area contributed by atoms with Crippen molar-refractivity contribution in [3.63, 3.8) is 0 Å². The topological polar surface area (TPSA) is 140 Å². The number of hydrogen-bond donors (Lipinski definition) is 0. The lowest BCUT2D eigenvalue weighted by molar-refractivity contribution is -0.144. The zero-order chi connectivity index (χ0) is 46.9. The molecule has 8 rings (SSSR count). The average Bonchev–Trinajstić information content (AvgIpc) is 3.97. The van der Waals surface area contributed by atoms with Crippen LogP contribution in [-0.2, 0) is 36.6 Å². The first-order chi connectivity index (χ1) is 31.7. The third kappa shape index (κ3) is 9.89. The van der Waals surface area contributed by atoms with E-state index in [1.165, 1.54) is 13.2 Å². The summed E-state index contributed by atoms with van der Waals surface area (Å²) >= 11 is 6.06. The molecule has 2 unspecified atom stereocenters. The number of rotatable bonds is 16. The standard InChI is InChI=1S/C50H58ClFN4O10/c1-30-37(38-25-36(61-5)15-16-41(38)55(30)48(59)31-9-11-33(51)12-10-31)27-44(58)65-23-22-64-21-20-63-19-17-35-24-43(57)39-26-40(52)46(47(62-6)45(39)56(35)34-13-14-34)53-28-32-8-7-18-54(42(32)29-53)49(60)66-50(2,3)4/h9-12,15-16,24-26,32,34,42H,7-8,13-14,17-23,27-29H2,1-6H3. The molecule has 0 bridgehead atoms. The van der Waals surface area contributed by atoms with Gasteiger partial charge in [0.05, 0.1) is 69.5 Å².